The number of fused-ring (bicyclic) bond motifs is 1. The second-order valence-electron chi connectivity index (χ2n) is 6.73. The number of rotatable bonds is 5. The maximum atomic E-state index is 12.8. The van der Waals surface area contributed by atoms with Crippen LogP contribution in [0.25, 0.3) is 16.8 Å². The zero-order chi connectivity index (χ0) is 21.3. The van der Waals surface area contributed by atoms with Crippen molar-refractivity contribution in [2.24, 2.45) is 0 Å². The summed E-state index contributed by atoms with van der Waals surface area (Å²) in [5, 5.41) is 16.7. The van der Waals surface area contributed by atoms with E-state index >= 15 is 0 Å². The van der Waals surface area contributed by atoms with Gasteiger partial charge in [-0.2, -0.15) is 5.10 Å². The molecule has 2 aromatic carbocycles. The molecule has 2 aromatic heterocycles. The highest BCUT2D eigenvalue weighted by molar-refractivity contribution is 6.30. The summed E-state index contributed by atoms with van der Waals surface area (Å²) in [5.74, 6) is 0.359. The third-order valence-electron chi connectivity index (χ3n) is 4.87. The van der Waals surface area contributed by atoms with Gasteiger partial charge < -0.3 is 10.1 Å². The molecule has 1 amide bonds. The molecular formula is C22H20ClN5O2. The number of aryl methyl sites for hydroxylation is 2. The molecule has 0 aliphatic heterocycles. The summed E-state index contributed by atoms with van der Waals surface area (Å²) >= 11 is 6.03. The summed E-state index contributed by atoms with van der Waals surface area (Å²) in [4.78, 5) is 12.8. The van der Waals surface area contributed by atoms with Gasteiger partial charge in [-0.3, -0.25) is 4.79 Å². The molecule has 30 heavy (non-hydrogen) atoms. The third kappa shape index (κ3) is 3.59. The molecule has 152 valence electrons. The van der Waals surface area contributed by atoms with Gasteiger partial charge in [0.25, 0.3) is 5.91 Å². The van der Waals surface area contributed by atoms with E-state index in [9.17, 15) is 4.79 Å². The lowest BCUT2D eigenvalue weighted by molar-refractivity contribution is 0.102. The lowest BCUT2D eigenvalue weighted by Gasteiger charge is -2.08. The highest BCUT2D eigenvalue weighted by Gasteiger charge is 2.21. The predicted molar refractivity (Wildman–Crippen MR) is 116 cm³/mol. The minimum absolute atomic E-state index is 0.214. The fourth-order valence-electron chi connectivity index (χ4n) is 3.28. The Kier molecular flexibility index (Phi) is 5.37. The van der Waals surface area contributed by atoms with Crippen molar-refractivity contribution in [2.75, 3.05) is 12.4 Å². The lowest BCUT2D eigenvalue weighted by atomic mass is 10.0. The molecule has 4 aromatic rings. The van der Waals surface area contributed by atoms with Crippen LogP contribution < -0.4 is 10.1 Å². The smallest absolute Gasteiger partial charge is 0.278 e. The number of hydrogen-bond donors (Lipinski definition) is 1. The van der Waals surface area contributed by atoms with Gasteiger partial charge in [0, 0.05) is 10.7 Å². The van der Waals surface area contributed by atoms with Crippen LogP contribution in [0.1, 0.15) is 28.8 Å². The fraction of sp³-hybridized carbons (Fsp3) is 0.182. The molecule has 0 saturated carbocycles. The van der Waals surface area contributed by atoms with E-state index in [0.29, 0.717) is 34.2 Å². The zero-order valence-electron chi connectivity index (χ0n) is 16.8. The number of ether oxygens (including phenoxy) is 1. The van der Waals surface area contributed by atoms with Crippen LogP contribution in [0.5, 0.6) is 5.75 Å². The first-order valence-electron chi connectivity index (χ1n) is 9.48. The van der Waals surface area contributed by atoms with Gasteiger partial charge in [-0.15, -0.1) is 10.2 Å². The number of methoxy groups -OCH3 is 1. The van der Waals surface area contributed by atoms with Crippen molar-refractivity contribution in [3.05, 3.63) is 70.6 Å². The molecule has 0 saturated heterocycles. The van der Waals surface area contributed by atoms with E-state index in [4.69, 9.17) is 16.3 Å². The van der Waals surface area contributed by atoms with Crippen molar-refractivity contribution in [3.8, 4) is 16.9 Å². The van der Waals surface area contributed by atoms with Crippen molar-refractivity contribution < 1.29 is 9.53 Å². The monoisotopic (exact) mass is 421 g/mol. The molecule has 2 heterocycles. The molecule has 0 fully saturated rings. The van der Waals surface area contributed by atoms with E-state index in [1.807, 2.05) is 38.1 Å². The average Bonchev–Trinajstić information content (AvgIpc) is 3.14. The predicted octanol–water partition coefficient (Wildman–Crippen LogP) is 4.58. The number of benzene rings is 2. The Bertz CT molecular complexity index is 1220. The van der Waals surface area contributed by atoms with Crippen LogP contribution >= 0.6 is 11.6 Å². The minimum atomic E-state index is -0.353. The molecule has 0 spiro atoms. The van der Waals surface area contributed by atoms with E-state index in [2.05, 4.69) is 20.6 Å². The molecule has 4 rings (SSSR count). The van der Waals surface area contributed by atoms with Gasteiger partial charge in [0.05, 0.1) is 24.1 Å². The SMILES string of the molecule is CCc1nn2c(C)c(C(=O)Nc3ccc(OC)cc3)nnc2c1-c1ccc(Cl)cc1. The number of halogens is 1. The second kappa shape index (κ2) is 8.12. The average molecular weight is 422 g/mol. The van der Waals surface area contributed by atoms with E-state index in [1.165, 1.54) is 0 Å². The number of anilines is 1. The number of amides is 1. The maximum absolute atomic E-state index is 12.8. The van der Waals surface area contributed by atoms with Crippen molar-refractivity contribution in [1.82, 2.24) is 19.8 Å². The Balaban J connectivity index is 1.73. The normalized spacial score (nSPS) is 10.9. The molecule has 7 nitrogen and oxygen atoms in total. The number of carbonyl (C=O) groups excluding carboxylic acids is 1. The molecular weight excluding hydrogens is 402 g/mol. The van der Waals surface area contributed by atoms with Gasteiger partial charge >= 0.3 is 0 Å². The van der Waals surface area contributed by atoms with Gasteiger partial charge in [0.2, 0.25) is 0 Å². The summed E-state index contributed by atoms with van der Waals surface area (Å²) in [6, 6.07) is 14.6. The van der Waals surface area contributed by atoms with E-state index in [1.54, 1.807) is 35.9 Å². The maximum Gasteiger partial charge on any atom is 0.278 e. The standard InChI is InChI=1S/C22H20ClN5O2/c1-4-18-19(14-5-7-15(23)8-6-14)21-26-25-20(13(2)28(21)27-18)22(29)24-16-9-11-17(30-3)12-10-16/h5-12H,4H2,1-3H3,(H,24,29). The fourth-order valence-corrected chi connectivity index (χ4v) is 3.41. The number of aromatic nitrogens is 4. The van der Waals surface area contributed by atoms with Crippen LogP contribution in [0.15, 0.2) is 48.5 Å². The number of hydrogen-bond acceptors (Lipinski definition) is 5. The van der Waals surface area contributed by atoms with Gasteiger partial charge in [0.1, 0.15) is 5.75 Å². The number of nitrogens with one attached hydrogen (secondary N) is 1. The molecule has 0 atom stereocenters. The zero-order valence-corrected chi connectivity index (χ0v) is 17.6. The first-order chi connectivity index (χ1) is 14.5. The van der Waals surface area contributed by atoms with E-state index in [-0.39, 0.29) is 11.6 Å². The quantitative estimate of drug-likeness (QED) is 0.510. The highest BCUT2D eigenvalue weighted by Crippen LogP contribution is 2.29. The Hall–Kier alpha value is -3.45. The second-order valence-corrected chi connectivity index (χ2v) is 7.17. The third-order valence-corrected chi connectivity index (χ3v) is 5.12. The van der Waals surface area contributed by atoms with Crippen LogP contribution in [0.3, 0.4) is 0 Å². The van der Waals surface area contributed by atoms with Gasteiger partial charge in [-0.25, -0.2) is 4.52 Å². The molecule has 0 bridgehead atoms. The molecule has 0 radical (unpaired) electrons. The summed E-state index contributed by atoms with van der Waals surface area (Å²) in [7, 11) is 1.59. The molecule has 0 aliphatic rings. The lowest BCUT2D eigenvalue weighted by Crippen LogP contribution is -2.18. The molecule has 8 heteroatoms. The van der Waals surface area contributed by atoms with E-state index < -0.39 is 0 Å². The Morgan fingerprint density at radius 3 is 2.43 bits per heavy atom. The first kappa shape index (κ1) is 19.8. The largest absolute Gasteiger partial charge is 0.497 e. The molecule has 0 aliphatic carbocycles. The summed E-state index contributed by atoms with van der Waals surface area (Å²) in [5.41, 5.74) is 4.79. The van der Waals surface area contributed by atoms with Crippen molar-refractivity contribution >= 4 is 28.8 Å². The minimum Gasteiger partial charge on any atom is -0.497 e. The summed E-state index contributed by atoms with van der Waals surface area (Å²) < 4.78 is 6.82. The van der Waals surface area contributed by atoms with Crippen LogP contribution in [0.4, 0.5) is 5.69 Å². The Labute approximate surface area is 178 Å². The van der Waals surface area contributed by atoms with Gasteiger partial charge in [-0.1, -0.05) is 30.7 Å². The number of nitrogens with zero attached hydrogens (tertiary/aromatic N) is 4. The topological polar surface area (TPSA) is 81.4 Å². The van der Waals surface area contributed by atoms with Crippen LogP contribution in [0, 0.1) is 6.92 Å². The number of carbonyl (C=O) groups is 1. The van der Waals surface area contributed by atoms with Crippen LogP contribution in [-0.4, -0.2) is 32.8 Å². The van der Waals surface area contributed by atoms with E-state index in [0.717, 1.165) is 16.8 Å². The van der Waals surface area contributed by atoms with Crippen LogP contribution in [0.2, 0.25) is 5.02 Å². The summed E-state index contributed by atoms with van der Waals surface area (Å²) in [6.07, 6.45) is 0.716. The Morgan fingerprint density at radius 2 is 1.80 bits per heavy atom. The van der Waals surface area contributed by atoms with Crippen molar-refractivity contribution in [2.45, 2.75) is 20.3 Å². The van der Waals surface area contributed by atoms with Gasteiger partial charge in [0.15, 0.2) is 11.3 Å². The molecule has 1 N–H and O–H groups in total. The van der Waals surface area contributed by atoms with Crippen molar-refractivity contribution in [3.63, 3.8) is 0 Å². The Morgan fingerprint density at radius 1 is 1.10 bits per heavy atom. The summed E-state index contributed by atoms with van der Waals surface area (Å²) in [6.45, 7) is 3.84. The van der Waals surface area contributed by atoms with Gasteiger partial charge in [-0.05, 0) is 55.3 Å². The first-order valence-corrected chi connectivity index (χ1v) is 9.85. The highest BCUT2D eigenvalue weighted by atomic mass is 35.5. The van der Waals surface area contributed by atoms with Crippen molar-refractivity contribution in [1.29, 1.82) is 0 Å². The molecule has 0 unspecified atom stereocenters. The van der Waals surface area contributed by atoms with Crippen LogP contribution in [-0.2, 0) is 6.42 Å².